The molecule has 1 saturated heterocycles. The molecule has 1 aliphatic heterocycles. The van der Waals surface area contributed by atoms with Gasteiger partial charge in [0.15, 0.2) is 0 Å². The number of para-hydroxylation sites is 1. The molecule has 0 N–H and O–H groups in total. The zero-order chi connectivity index (χ0) is 19.9. The maximum absolute atomic E-state index is 13.1. The number of hydrogen-bond donors (Lipinski definition) is 0. The number of morpholine rings is 1. The van der Waals surface area contributed by atoms with Gasteiger partial charge in [0.2, 0.25) is 0 Å². The fourth-order valence-corrected chi connectivity index (χ4v) is 3.85. The van der Waals surface area contributed by atoms with E-state index in [-0.39, 0.29) is 18.1 Å². The van der Waals surface area contributed by atoms with Crippen LogP contribution in [-0.4, -0.2) is 42.6 Å². The van der Waals surface area contributed by atoms with Crippen LogP contribution in [0.1, 0.15) is 49.5 Å². The topological polar surface area (TPSA) is 32.8 Å². The quantitative estimate of drug-likeness (QED) is 0.695. The second kappa shape index (κ2) is 9.85. The third kappa shape index (κ3) is 5.43. The van der Waals surface area contributed by atoms with Gasteiger partial charge in [-0.05, 0) is 50.1 Å². The van der Waals surface area contributed by atoms with Crippen molar-refractivity contribution in [3.63, 3.8) is 0 Å². The fourth-order valence-electron chi connectivity index (χ4n) is 3.85. The highest BCUT2D eigenvalue weighted by atomic mass is 16.5. The van der Waals surface area contributed by atoms with Gasteiger partial charge in [0.25, 0.3) is 5.91 Å². The van der Waals surface area contributed by atoms with Crippen molar-refractivity contribution in [1.29, 1.82) is 0 Å². The van der Waals surface area contributed by atoms with Crippen LogP contribution in [0.4, 0.5) is 5.69 Å². The summed E-state index contributed by atoms with van der Waals surface area (Å²) in [6, 6.07) is 18.0. The van der Waals surface area contributed by atoms with Crippen LogP contribution < -0.4 is 4.90 Å². The first-order chi connectivity index (χ1) is 13.6. The Kier molecular flexibility index (Phi) is 7.24. The number of nitrogens with zero attached hydrogens (tertiary/aromatic N) is 2. The number of anilines is 1. The monoisotopic (exact) mass is 380 g/mol. The number of amides is 1. The lowest BCUT2D eigenvalue weighted by Gasteiger charge is -2.35. The van der Waals surface area contributed by atoms with E-state index in [1.807, 2.05) is 47.4 Å². The van der Waals surface area contributed by atoms with Crippen molar-refractivity contribution < 1.29 is 9.53 Å². The van der Waals surface area contributed by atoms with Crippen molar-refractivity contribution in [3.05, 3.63) is 65.7 Å². The van der Waals surface area contributed by atoms with Gasteiger partial charge in [-0.25, -0.2) is 0 Å². The fraction of sp³-hybridized carbons (Fsp3) is 0.458. The van der Waals surface area contributed by atoms with Crippen LogP contribution >= 0.6 is 0 Å². The van der Waals surface area contributed by atoms with Crippen LogP contribution in [0.25, 0.3) is 0 Å². The summed E-state index contributed by atoms with van der Waals surface area (Å²) in [5, 5.41) is 0. The smallest absolute Gasteiger partial charge is 0.258 e. The van der Waals surface area contributed by atoms with Crippen LogP contribution in [0, 0.1) is 0 Å². The lowest BCUT2D eigenvalue weighted by Crippen LogP contribution is -2.44. The Bertz CT molecular complexity index is 735. The van der Waals surface area contributed by atoms with Crippen molar-refractivity contribution in [1.82, 2.24) is 4.90 Å². The Labute approximate surface area is 169 Å². The van der Waals surface area contributed by atoms with E-state index in [9.17, 15) is 4.79 Å². The van der Waals surface area contributed by atoms with E-state index in [0.29, 0.717) is 0 Å². The summed E-state index contributed by atoms with van der Waals surface area (Å²) in [6.07, 6.45) is 2.59. The minimum Gasteiger partial charge on any atom is -0.373 e. The molecule has 2 aromatic rings. The number of hydrogen-bond acceptors (Lipinski definition) is 3. The Hall–Kier alpha value is -2.17. The number of unbranched alkanes of at least 4 members (excludes halogenated alkanes) is 1. The number of rotatable bonds is 7. The van der Waals surface area contributed by atoms with Crippen LogP contribution in [-0.2, 0) is 11.3 Å². The van der Waals surface area contributed by atoms with Gasteiger partial charge in [-0.2, -0.15) is 0 Å². The van der Waals surface area contributed by atoms with Gasteiger partial charge in [-0.1, -0.05) is 43.7 Å². The molecule has 1 fully saturated rings. The van der Waals surface area contributed by atoms with Crippen LogP contribution in [0.2, 0.25) is 0 Å². The molecule has 4 heteroatoms. The molecule has 2 atom stereocenters. The standard InChI is InChI=1S/C24H32N2O2/c1-4-5-15-26(23-9-7-6-8-10-23)24(27)22-13-11-21(12-14-22)18-25-16-19(2)28-20(3)17-25/h6-14,19-20H,4-5,15-18H2,1-3H3. The van der Waals surface area contributed by atoms with E-state index < -0.39 is 0 Å². The second-order valence-electron chi connectivity index (χ2n) is 7.79. The summed E-state index contributed by atoms with van der Waals surface area (Å²) in [7, 11) is 0. The normalized spacial score (nSPS) is 20.1. The van der Waals surface area contributed by atoms with Crippen molar-refractivity contribution >= 4 is 11.6 Å². The summed E-state index contributed by atoms with van der Waals surface area (Å²) >= 11 is 0. The molecule has 3 rings (SSSR count). The van der Waals surface area contributed by atoms with E-state index in [0.717, 1.165) is 50.3 Å². The molecule has 150 valence electrons. The van der Waals surface area contributed by atoms with Crippen molar-refractivity contribution in [2.75, 3.05) is 24.5 Å². The minimum absolute atomic E-state index is 0.0693. The lowest BCUT2D eigenvalue weighted by atomic mass is 10.1. The maximum atomic E-state index is 13.1. The van der Waals surface area contributed by atoms with Crippen molar-refractivity contribution in [2.24, 2.45) is 0 Å². The summed E-state index contributed by atoms with van der Waals surface area (Å²) < 4.78 is 5.81. The SMILES string of the molecule is CCCCN(C(=O)c1ccc(CN2CC(C)OC(C)C2)cc1)c1ccccc1. The highest BCUT2D eigenvalue weighted by molar-refractivity contribution is 6.06. The summed E-state index contributed by atoms with van der Waals surface area (Å²) in [4.78, 5) is 17.5. The van der Waals surface area contributed by atoms with Crippen LogP contribution in [0.3, 0.4) is 0 Å². The van der Waals surface area contributed by atoms with E-state index in [1.54, 1.807) is 0 Å². The molecule has 2 unspecified atom stereocenters. The van der Waals surface area contributed by atoms with E-state index in [4.69, 9.17) is 4.74 Å². The first kappa shape index (κ1) is 20.6. The first-order valence-electron chi connectivity index (χ1n) is 10.4. The first-order valence-corrected chi connectivity index (χ1v) is 10.4. The van der Waals surface area contributed by atoms with E-state index in [1.165, 1.54) is 5.56 Å². The van der Waals surface area contributed by atoms with Gasteiger partial charge in [-0.15, -0.1) is 0 Å². The van der Waals surface area contributed by atoms with Crippen molar-refractivity contribution in [2.45, 2.75) is 52.4 Å². The number of benzene rings is 2. The summed E-state index contributed by atoms with van der Waals surface area (Å²) in [5.41, 5.74) is 2.94. The van der Waals surface area contributed by atoms with E-state index in [2.05, 4.69) is 37.8 Å². The molecular weight excluding hydrogens is 348 g/mol. The molecule has 28 heavy (non-hydrogen) atoms. The largest absolute Gasteiger partial charge is 0.373 e. The van der Waals surface area contributed by atoms with Gasteiger partial charge in [-0.3, -0.25) is 9.69 Å². The third-order valence-electron chi connectivity index (χ3n) is 5.15. The van der Waals surface area contributed by atoms with Gasteiger partial charge in [0, 0.05) is 37.4 Å². The number of carbonyl (C=O) groups is 1. The Morgan fingerprint density at radius 1 is 1.04 bits per heavy atom. The lowest BCUT2D eigenvalue weighted by molar-refractivity contribution is -0.0704. The van der Waals surface area contributed by atoms with Crippen LogP contribution in [0.5, 0.6) is 0 Å². The molecule has 0 aliphatic carbocycles. The maximum Gasteiger partial charge on any atom is 0.258 e. The van der Waals surface area contributed by atoms with Gasteiger partial charge >= 0.3 is 0 Å². The average molecular weight is 381 g/mol. The minimum atomic E-state index is 0.0693. The van der Waals surface area contributed by atoms with Gasteiger partial charge < -0.3 is 9.64 Å². The molecule has 0 bridgehead atoms. The molecule has 0 saturated carbocycles. The molecule has 0 aromatic heterocycles. The zero-order valence-corrected chi connectivity index (χ0v) is 17.3. The molecular formula is C24H32N2O2. The average Bonchev–Trinajstić information content (AvgIpc) is 2.69. The third-order valence-corrected chi connectivity index (χ3v) is 5.15. The summed E-state index contributed by atoms with van der Waals surface area (Å²) in [5.74, 6) is 0.0693. The molecule has 1 aliphatic rings. The Morgan fingerprint density at radius 2 is 1.68 bits per heavy atom. The highest BCUT2D eigenvalue weighted by Crippen LogP contribution is 2.19. The number of ether oxygens (including phenoxy) is 1. The Morgan fingerprint density at radius 3 is 2.29 bits per heavy atom. The van der Waals surface area contributed by atoms with Gasteiger partial charge in [0.05, 0.1) is 12.2 Å². The summed E-state index contributed by atoms with van der Waals surface area (Å²) in [6.45, 7) is 9.93. The number of carbonyl (C=O) groups excluding carboxylic acids is 1. The Balaban J connectivity index is 1.69. The van der Waals surface area contributed by atoms with Crippen molar-refractivity contribution in [3.8, 4) is 0 Å². The molecule has 1 heterocycles. The van der Waals surface area contributed by atoms with Crippen LogP contribution in [0.15, 0.2) is 54.6 Å². The molecule has 2 aromatic carbocycles. The molecule has 0 spiro atoms. The predicted molar refractivity (Wildman–Crippen MR) is 115 cm³/mol. The molecule has 1 amide bonds. The van der Waals surface area contributed by atoms with E-state index >= 15 is 0 Å². The zero-order valence-electron chi connectivity index (χ0n) is 17.3. The second-order valence-corrected chi connectivity index (χ2v) is 7.79. The predicted octanol–water partition coefficient (Wildman–Crippen LogP) is 4.74. The molecule has 0 radical (unpaired) electrons. The van der Waals surface area contributed by atoms with Gasteiger partial charge in [0.1, 0.15) is 0 Å². The highest BCUT2D eigenvalue weighted by Gasteiger charge is 2.22. The molecule has 4 nitrogen and oxygen atoms in total.